The Labute approximate surface area is 92.3 Å². The molecule has 3 N–H and O–H groups in total. The van der Waals surface area contributed by atoms with Gasteiger partial charge in [0.2, 0.25) is 0 Å². The third-order valence-electron chi connectivity index (χ3n) is 2.69. The quantitative estimate of drug-likeness (QED) is 0.512. The molecule has 15 heavy (non-hydrogen) atoms. The van der Waals surface area contributed by atoms with Gasteiger partial charge in [0, 0.05) is 32.2 Å². The molecule has 4 heteroatoms. The Bertz CT molecular complexity index is 200. The van der Waals surface area contributed by atoms with Crippen LogP contribution in [-0.2, 0) is 4.74 Å². The van der Waals surface area contributed by atoms with Gasteiger partial charge in [0.05, 0.1) is 12.4 Å². The van der Waals surface area contributed by atoms with Crippen LogP contribution in [0.3, 0.4) is 0 Å². The molecule has 1 fully saturated rings. The van der Waals surface area contributed by atoms with Crippen LogP contribution in [-0.4, -0.2) is 43.1 Å². The topological polar surface area (TPSA) is 62.3 Å². The number of hydrogen-bond donors (Lipinski definition) is 2. The van der Waals surface area contributed by atoms with Crippen LogP contribution in [0.25, 0.3) is 0 Å². The van der Waals surface area contributed by atoms with Crippen LogP contribution in [0.4, 0.5) is 0 Å². The van der Waals surface area contributed by atoms with E-state index in [4.69, 9.17) is 15.9 Å². The SMILES string of the molecule is CC(C)CN(CCC(=N)N)C1CCOC1. The van der Waals surface area contributed by atoms with E-state index in [0.29, 0.717) is 18.4 Å². The zero-order valence-corrected chi connectivity index (χ0v) is 9.83. The van der Waals surface area contributed by atoms with Crippen molar-refractivity contribution in [1.29, 1.82) is 5.41 Å². The molecule has 0 aromatic carbocycles. The van der Waals surface area contributed by atoms with E-state index in [1.54, 1.807) is 0 Å². The average Bonchev–Trinajstić information content (AvgIpc) is 2.63. The fourth-order valence-corrected chi connectivity index (χ4v) is 1.97. The summed E-state index contributed by atoms with van der Waals surface area (Å²) in [6.45, 7) is 8.11. The molecule has 1 rings (SSSR count). The molecule has 0 radical (unpaired) electrons. The maximum atomic E-state index is 7.26. The van der Waals surface area contributed by atoms with Crippen LogP contribution >= 0.6 is 0 Å². The number of nitrogens with two attached hydrogens (primary N) is 1. The van der Waals surface area contributed by atoms with Crippen molar-refractivity contribution in [2.45, 2.75) is 32.7 Å². The van der Waals surface area contributed by atoms with E-state index in [2.05, 4.69) is 18.7 Å². The van der Waals surface area contributed by atoms with Gasteiger partial charge in [-0.15, -0.1) is 0 Å². The van der Waals surface area contributed by atoms with Crippen molar-refractivity contribution >= 4 is 5.84 Å². The minimum atomic E-state index is 0.280. The Hall–Kier alpha value is -0.610. The van der Waals surface area contributed by atoms with E-state index < -0.39 is 0 Å². The van der Waals surface area contributed by atoms with Crippen LogP contribution in [0.15, 0.2) is 0 Å². The van der Waals surface area contributed by atoms with E-state index >= 15 is 0 Å². The number of rotatable bonds is 6. The molecule has 0 bridgehead atoms. The largest absolute Gasteiger partial charge is 0.388 e. The highest BCUT2D eigenvalue weighted by Crippen LogP contribution is 2.14. The monoisotopic (exact) mass is 213 g/mol. The predicted molar refractivity (Wildman–Crippen MR) is 62.2 cm³/mol. The number of nitrogens with zero attached hydrogens (tertiary/aromatic N) is 1. The summed E-state index contributed by atoms with van der Waals surface area (Å²) >= 11 is 0. The summed E-state index contributed by atoms with van der Waals surface area (Å²) in [6, 6.07) is 0.534. The van der Waals surface area contributed by atoms with Gasteiger partial charge < -0.3 is 10.5 Å². The summed E-state index contributed by atoms with van der Waals surface area (Å²) in [7, 11) is 0. The minimum Gasteiger partial charge on any atom is -0.388 e. The zero-order valence-electron chi connectivity index (χ0n) is 9.83. The smallest absolute Gasteiger partial charge is 0.0918 e. The molecule has 88 valence electrons. The van der Waals surface area contributed by atoms with E-state index in [1.165, 1.54) is 0 Å². The van der Waals surface area contributed by atoms with E-state index in [-0.39, 0.29) is 5.84 Å². The average molecular weight is 213 g/mol. The van der Waals surface area contributed by atoms with Crippen LogP contribution < -0.4 is 5.73 Å². The highest BCUT2D eigenvalue weighted by atomic mass is 16.5. The maximum Gasteiger partial charge on any atom is 0.0918 e. The third-order valence-corrected chi connectivity index (χ3v) is 2.69. The van der Waals surface area contributed by atoms with Crippen LogP contribution in [0.2, 0.25) is 0 Å². The highest BCUT2D eigenvalue weighted by Gasteiger charge is 2.23. The number of ether oxygens (including phenoxy) is 1. The van der Waals surface area contributed by atoms with Gasteiger partial charge in [0.25, 0.3) is 0 Å². The molecule has 1 saturated heterocycles. The van der Waals surface area contributed by atoms with Crippen molar-refractivity contribution in [3.63, 3.8) is 0 Å². The van der Waals surface area contributed by atoms with Gasteiger partial charge in [-0.2, -0.15) is 0 Å². The molecule has 1 aliphatic heterocycles. The van der Waals surface area contributed by atoms with Gasteiger partial charge in [0.1, 0.15) is 0 Å². The molecular formula is C11H23N3O. The van der Waals surface area contributed by atoms with Crippen molar-refractivity contribution < 1.29 is 4.74 Å². The summed E-state index contributed by atoms with van der Waals surface area (Å²) < 4.78 is 5.40. The van der Waals surface area contributed by atoms with Gasteiger partial charge >= 0.3 is 0 Å². The normalized spacial score (nSPS) is 21.5. The molecular weight excluding hydrogens is 190 g/mol. The zero-order chi connectivity index (χ0) is 11.3. The van der Waals surface area contributed by atoms with Gasteiger partial charge in [0.15, 0.2) is 0 Å². The fraction of sp³-hybridized carbons (Fsp3) is 0.909. The molecule has 0 spiro atoms. The second-order valence-corrected chi connectivity index (χ2v) is 4.68. The third kappa shape index (κ3) is 4.62. The molecule has 0 aromatic heterocycles. The van der Waals surface area contributed by atoms with E-state index in [1.807, 2.05) is 0 Å². The maximum absolute atomic E-state index is 7.26. The van der Waals surface area contributed by atoms with E-state index in [0.717, 1.165) is 32.7 Å². The lowest BCUT2D eigenvalue weighted by molar-refractivity contribution is 0.136. The fourth-order valence-electron chi connectivity index (χ4n) is 1.97. The Morgan fingerprint density at radius 2 is 2.33 bits per heavy atom. The highest BCUT2D eigenvalue weighted by molar-refractivity contribution is 5.76. The minimum absolute atomic E-state index is 0.280. The van der Waals surface area contributed by atoms with Crippen molar-refractivity contribution in [2.75, 3.05) is 26.3 Å². The number of nitrogens with one attached hydrogen (secondary N) is 1. The van der Waals surface area contributed by atoms with E-state index in [9.17, 15) is 0 Å². The van der Waals surface area contributed by atoms with Crippen molar-refractivity contribution in [3.05, 3.63) is 0 Å². The lowest BCUT2D eigenvalue weighted by Gasteiger charge is -2.29. The standard InChI is InChI=1S/C11H23N3O/c1-9(2)7-14(5-3-11(12)13)10-4-6-15-8-10/h9-10H,3-8H2,1-2H3,(H3,12,13). The second kappa shape index (κ2) is 6.08. The molecule has 0 saturated carbocycles. The first-order valence-corrected chi connectivity index (χ1v) is 5.74. The van der Waals surface area contributed by atoms with Crippen LogP contribution in [0.1, 0.15) is 26.7 Å². The van der Waals surface area contributed by atoms with Crippen LogP contribution in [0, 0.1) is 11.3 Å². The molecule has 1 aliphatic rings. The van der Waals surface area contributed by atoms with Crippen molar-refractivity contribution in [2.24, 2.45) is 11.7 Å². The Balaban J connectivity index is 2.40. The van der Waals surface area contributed by atoms with Gasteiger partial charge in [-0.1, -0.05) is 13.8 Å². The van der Waals surface area contributed by atoms with Gasteiger partial charge in [-0.25, -0.2) is 0 Å². The second-order valence-electron chi connectivity index (χ2n) is 4.68. The summed E-state index contributed by atoms with van der Waals surface area (Å²) in [4.78, 5) is 2.42. The summed E-state index contributed by atoms with van der Waals surface area (Å²) in [5.74, 6) is 0.931. The molecule has 1 heterocycles. The Morgan fingerprint density at radius 1 is 1.60 bits per heavy atom. The van der Waals surface area contributed by atoms with Gasteiger partial charge in [-0.3, -0.25) is 10.3 Å². The van der Waals surface area contributed by atoms with Crippen molar-refractivity contribution in [1.82, 2.24) is 4.90 Å². The number of amidine groups is 1. The van der Waals surface area contributed by atoms with Gasteiger partial charge in [-0.05, 0) is 12.3 Å². The first kappa shape index (κ1) is 12.5. The Morgan fingerprint density at radius 3 is 2.80 bits per heavy atom. The molecule has 4 nitrogen and oxygen atoms in total. The number of hydrogen-bond acceptors (Lipinski definition) is 3. The molecule has 1 atom stereocenters. The first-order valence-electron chi connectivity index (χ1n) is 5.74. The van der Waals surface area contributed by atoms with Crippen LogP contribution in [0.5, 0.6) is 0 Å². The lowest BCUT2D eigenvalue weighted by Crippen LogP contribution is -2.40. The lowest BCUT2D eigenvalue weighted by atomic mass is 10.1. The summed E-state index contributed by atoms with van der Waals surface area (Å²) in [6.07, 6.45) is 1.79. The molecule has 0 aromatic rings. The Kier molecular flexibility index (Phi) is 5.05. The molecule has 1 unspecified atom stereocenters. The summed E-state index contributed by atoms with van der Waals surface area (Å²) in [5, 5.41) is 7.26. The predicted octanol–water partition coefficient (Wildman–Crippen LogP) is 1.06. The first-order chi connectivity index (χ1) is 7.09. The van der Waals surface area contributed by atoms with Crippen molar-refractivity contribution in [3.8, 4) is 0 Å². The molecule has 0 aliphatic carbocycles. The summed E-state index contributed by atoms with van der Waals surface area (Å²) in [5.41, 5.74) is 5.40. The molecule has 0 amide bonds.